The van der Waals surface area contributed by atoms with Gasteiger partial charge < -0.3 is 10.3 Å². The first kappa shape index (κ1) is 20.5. The van der Waals surface area contributed by atoms with Crippen LogP contribution in [0.2, 0.25) is 0 Å². The van der Waals surface area contributed by atoms with Gasteiger partial charge in [-0.1, -0.05) is 53.4 Å². The van der Waals surface area contributed by atoms with Gasteiger partial charge in [0, 0.05) is 5.69 Å². The van der Waals surface area contributed by atoms with Crippen LogP contribution >= 0.6 is 35.3 Å². The molecule has 1 amide bonds. The van der Waals surface area contributed by atoms with E-state index in [1.807, 2.05) is 66.9 Å². The van der Waals surface area contributed by atoms with E-state index >= 15 is 0 Å². The van der Waals surface area contributed by atoms with Gasteiger partial charge >= 0.3 is 0 Å². The lowest BCUT2D eigenvalue weighted by atomic mass is 10.2. The second-order valence-electron chi connectivity index (χ2n) is 6.72. The van der Waals surface area contributed by atoms with Crippen molar-refractivity contribution >= 4 is 57.3 Å². The molecule has 2 heterocycles. The molecule has 152 valence electrons. The number of benzene rings is 2. The lowest BCUT2D eigenvalue weighted by molar-refractivity contribution is -0.113. The molecule has 2 aromatic heterocycles. The van der Waals surface area contributed by atoms with Crippen LogP contribution in [0.4, 0.5) is 5.69 Å². The van der Waals surface area contributed by atoms with Crippen LogP contribution in [0.15, 0.2) is 58.5 Å². The Morgan fingerprint density at radius 1 is 1.23 bits per heavy atom. The second kappa shape index (κ2) is 8.55. The minimum Gasteiger partial charge on any atom is -0.325 e. The molecule has 0 saturated heterocycles. The van der Waals surface area contributed by atoms with Crippen molar-refractivity contribution < 1.29 is 4.79 Å². The first-order valence-electron chi connectivity index (χ1n) is 9.13. The van der Waals surface area contributed by atoms with E-state index in [9.17, 15) is 9.59 Å². The van der Waals surface area contributed by atoms with Crippen LogP contribution < -0.4 is 10.9 Å². The topological polar surface area (TPSA) is 79.8 Å². The lowest BCUT2D eigenvalue weighted by Gasteiger charge is -2.08. The van der Waals surface area contributed by atoms with Gasteiger partial charge in [-0.2, -0.15) is 0 Å². The van der Waals surface area contributed by atoms with E-state index in [4.69, 9.17) is 12.2 Å². The summed E-state index contributed by atoms with van der Waals surface area (Å²) in [6.45, 7) is 3.95. The third-order valence-corrected chi connectivity index (χ3v) is 6.65. The number of H-pyrrole nitrogens is 1. The van der Waals surface area contributed by atoms with Crippen molar-refractivity contribution in [3.8, 4) is 5.69 Å². The molecule has 0 radical (unpaired) electrons. The fraction of sp³-hybridized carbons (Fsp3) is 0.143. The Labute approximate surface area is 186 Å². The van der Waals surface area contributed by atoms with Gasteiger partial charge in [0.25, 0.3) is 5.56 Å². The van der Waals surface area contributed by atoms with Crippen molar-refractivity contribution in [3.05, 3.63) is 74.0 Å². The summed E-state index contributed by atoms with van der Waals surface area (Å²) in [4.78, 5) is 32.3. The summed E-state index contributed by atoms with van der Waals surface area (Å²) in [5, 5.41) is 3.23. The van der Waals surface area contributed by atoms with Gasteiger partial charge in [-0.3, -0.25) is 14.2 Å². The van der Waals surface area contributed by atoms with E-state index in [0.717, 1.165) is 22.5 Å². The molecule has 0 spiro atoms. The highest BCUT2D eigenvalue weighted by Gasteiger charge is 2.15. The molecule has 2 N–H and O–H groups in total. The highest BCUT2D eigenvalue weighted by atomic mass is 32.2. The maximum Gasteiger partial charge on any atom is 0.271 e. The second-order valence-corrected chi connectivity index (χ2v) is 9.33. The van der Waals surface area contributed by atoms with Gasteiger partial charge in [-0.15, -0.1) is 0 Å². The van der Waals surface area contributed by atoms with Crippen molar-refractivity contribution in [3.63, 3.8) is 0 Å². The standard InChI is InChI=1S/C21H18N4O2S3/c1-12-6-5-8-14(10-12)22-16(26)11-29-20-23-18-17(19(27)24-20)30-21(28)25(18)15-9-4-3-7-13(15)2/h3-10H,11H2,1-2H3,(H,22,26)(H,23,24,27). The van der Waals surface area contributed by atoms with Crippen LogP contribution in [0.5, 0.6) is 0 Å². The van der Waals surface area contributed by atoms with E-state index in [2.05, 4.69) is 15.3 Å². The van der Waals surface area contributed by atoms with Crippen molar-refractivity contribution in [2.45, 2.75) is 19.0 Å². The van der Waals surface area contributed by atoms with E-state index < -0.39 is 0 Å². The number of thioether (sulfide) groups is 1. The normalized spacial score (nSPS) is 11.0. The predicted molar refractivity (Wildman–Crippen MR) is 126 cm³/mol. The Bertz CT molecular complexity index is 1370. The molecular weight excluding hydrogens is 436 g/mol. The molecule has 4 aromatic rings. The van der Waals surface area contributed by atoms with Crippen LogP contribution in [0.3, 0.4) is 0 Å². The Morgan fingerprint density at radius 2 is 2.03 bits per heavy atom. The SMILES string of the molecule is Cc1cccc(NC(=O)CSc2nc3c(sc(=S)n3-c3ccccc3C)c(=O)[nH]2)c1. The molecule has 9 heteroatoms. The molecule has 30 heavy (non-hydrogen) atoms. The van der Waals surface area contributed by atoms with Crippen molar-refractivity contribution in [1.29, 1.82) is 0 Å². The van der Waals surface area contributed by atoms with Crippen molar-refractivity contribution in [1.82, 2.24) is 14.5 Å². The third-order valence-electron chi connectivity index (χ3n) is 4.42. The fourth-order valence-corrected chi connectivity index (χ4v) is 4.96. The number of rotatable bonds is 5. The number of nitrogens with zero attached hydrogens (tertiary/aromatic N) is 2. The largest absolute Gasteiger partial charge is 0.325 e. The first-order chi connectivity index (χ1) is 14.4. The van der Waals surface area contributed by atoms with Crippen LogP contribution in [0.1, 0.15) is 11.1 Å². The molecule has 0 saturated carbocycles. The molecule has 0 aliphatic rings. The molecule has 0 aliphatic heterocycles. The number of thiazole rings is 1. The molecule has 0 fully saturated rings. The molecule has 0 atom stereocenters. The zero-order valence-electron chi connectivity index (χ0n) is 16.3. The summed E-state index contributed by atoms with van der Waals surface area (Å²) in [7, 11) is 0. The number of aryl methyl sites for hydroxylation is 2. The molecule has 0 unspecified atom stereocenters. The van der Waals surface area contributed by atoms with Crippen molar-refractivity contribution in [2.75, 3.05) is 11.1 Å². The zero-order chi connectivity index (χ0) is 21.3. The maximum absolute atomic E-state index is 12.6. The van der Waals surface area contributed by atoms with Crippen LogP contribution in [0, 0.1) is 17.8 Å². The van der Waals surface area contributed by atoms with E-state index in [1.54, 1.807) is 0 Å². The average molecular weight is 455 g/mol. The summed E-state index contributed by atoms with van der Waals surface area (Å²) in [5.74, 6) is -0.0492. The summed E-state index contributed by atoms with van der Waals surface area (Å²) in [5.41, 5.74) is 3.97. The number of para-hydroxylation sites is 1. The van der Waals surface area contributed by atoms with Crippen molar-refractivity contribution in [2.24, 2.45) is 0 Å². The number of aromatic amines is 1. The molecule has 0 aliphatic carbocycles. The number of hydrogen-bond donors (Lipinski definition) is 2. The number of anilines is 1. The highest BCUT2D eigenvalue weighted by Crippen LogP contribution is 2.26. The number of amides is 1. The Morgan fingerprint density at radius 3 is 2.80 bits per heavy atom. The molecule has 2 aromatic carbocycles. The van der Waals surface area contributed by atoms with Gasteiger partial charge in [-0.05, 0) is 55.4 Å². The Kier molecular flexibility index (Phi) is 5.85. The van der Waals surface area contributed by atoms with E-state index in [-0.39, 0.29) is 17.2 Å². The summed E-state index contributed by atoms with van der Waals surface area (Å²) < 4.78 is 2.84. The fourth-order valence-electron chi connectivity index (χ4n) is 3.04. The number of nitrogens with one attached hydrogen (secondary N) is 2. The van der Waals surface area contributed by atoms with E-state index in [1.165, 1.54) is 23.1 Å². The monoisotopic (exact) mass is 454 g/mol. The highest BCUT2D eigenvalue weighted by molar-refractivity contribution is 7.99. The van der Waals surface area contributed by atoms with E-state index in [0.29, 0.717) is 19.5 Å². The number of carbonyl (C=O) groups excluding carboxylic acids is 1. The van der Waals surface area contributed by atoms with Gasteiger partial charge in [-0.25, -0.2) is 4.98 Å². The number of aromatic nitrogens is 3. The molecule has 6 nitrogen and oxygen atoms in total. The number of carbonyl (C=O) groups is 1. The zero-order valence-corrected chi connectivity index (χ0v) is 18.7. The molecule has 4 rings (SSSR count). The number of hydrogen-bond acceptors (Lipinski definition) is 6. The smallest absolute Gasteiger partial charge is 0.271 e. The molecule has 0 bridgehead atoms. The minimum absolute atomic E-state index is 0.123. The lowest BCUT2D eigenvalue weighted by Crippen LogP contribution is -2.15. The van der Waals surface area contributed by atoms with Gasteiger partial charge in [0.05, 0.1) is 11.4 Å². The quantitative estimate of drug-likeness (QED) is 0.256. The van der Waals surface area contributed by atoms with Crippen LogP contribution in [0.25, 0.3) is 16.0 Å². The maximum atomic E-state index is 12.6. The molecular formula is C21H18N4O2S3. The average Bonchev–Trinajstić information content (AvgIpc) is 3.03. The summed E-state index contributed by atoms with van der Waals surface area (Å²) in [6, 6.07) is 15.4. The van der Waals surface area contributed by atoms with Gasteiger partial charge in [0.15, 0.2) is 14.8 Å². The van der Waals surface area contributed by atoms with Gasteiger partial charge in [0.2, 0.25) is 5.91 Å². The van der Waals surface area contributed by atoms with Crippen LogP contribution in [-0.2, 0) is 4.79 Å². The van der Waals surface area contributed by atoms with Gasteiger partial charge in [0.1, 0.15) is 4.70 Å². The third kappa shape index (κ3) is 4.23. The Balaban J connectivity index is 1.62. The number of fused-ring (bicyclic) bond motifs is 1. The summed E-state index contributed by atoms with van der Waals surface area (Å²) >= 11 is 7.91. The van der Waals surface area contributed by atoms with Crippen LogP contribution in [-0.4, -0.2) is 26.2 Å². The first-order valence-corrected chi connectivity index (χ1v) is 11.3. The minimum atomic E-state index is -0.259. The summed E-state index contributed by atoms with van der Waals surface area (Å²) in [6.07, 6.45) is 0. The Hall–Kier alpha value is -2.75. The predicted octanol–water partition coefficient (Wildman–Crippen LogP) is 4.85.